The monoisotopic (exact) mass is 308 g/mol. The van der Waals surface area contributed by atoms with Crippen LogP contribution in [0, 0.1) is 0 Å². The minimum absolute atomic E-state index is 0.297. The van der Waals surface area contributed by atoms with E-state index in [0.717, 1.165) is 16.4 Å². The number of nitrogens with zero attached hydrogens (tertiary/aromatic N) is 2. The van der Waals surface area contributed by atoms with Gasteiger partial charge in [0.25, 0.3) is 0 Å². The Labute approximate surface area is 129 Å². The minimum Gasteiger partial charge on any atom is -0.360 e. The van der Waals surface area contributed by atoms with E-state index in [1.807, 2.05) is 55.1 Å². The molecule has 4 nitrogen and oxygen atoms in total. The van der Waals surface area contributed by atoms with E-state index in [1.165, 1.54) is 0 Å². The number of hydrogen-bond donors (Lipinski definition) is 2. The first-order chi connectivity index (χ1) is 9.52. The number of halogens is 1. The van der Waals surface area contributed by atoms with Crippen LogP contribution in [0.25, 0.3) is 0 Å². The van der Waals surface area contributed by atoms with Crippen molar-refractivity contribution >= 4 is 34.7 Å². The molecule has 0 aliphatic heterocycles. The second-order valence-electron chi connectivity index (χ2n) is 4.78. The largest absolute Gasteiger partial charge is 0.360 e. The third-order valence-corrected chi connectivity index (χ3v) is 3.03. The van der Waals surface area contributed by atoms with Gasteiger partial charge >= 0.3 is 0 Å². The molecule has 0 unspecified atom stereocenters. The van der Waals surface area contributed by atoms with Gasteiger partial charge in [0.1, 0.15) is 0 Å². The Morgan fingerprint density at radius 2 is 2.00 bits per heavy atom. The number of benzene rings is 1. The zero-order valence-corrected chi connectivity index (χ0v) is 13.0. The zero-order chi connectivity index (χ0) is 14.5. The Balaban J connectivity index is 1.95. The summed E-state index contributed by atoms with van der Waals surface area (Å²) in [4.78, 5) is 0. The van der Waals surface area contributed by atoms with Gasteiger partial charge in [0.15, 0.2) is 10.9 Å². The fourth-order valence-electron chi connectivity index (χ4n) is 1.71. The summed E-state index contributed by atoms with van der Waals surface area (Å²) < 4.78 is 1.85. The van der Waals surface area contributed by atoms with Gasteiger partial charge in [0.05, 0.1) is 6.54 Å². The SMILES string of the molecule is CC(C)NC(=S)Nc1ccn(Cc2ccc(Cl)cc2)n1. The molecule has 20 heavy (non-hydrogen) atoms. The van der Waals surface area contributed by atoms with Crippen molar-refractivity contribution in [1.29, 1.82) is 0 Å². The maximum Gasteiger partial charge on any atom is 0.172 e. The predicted octanol–water partition coefficient (Wildman–Crippen LogP) is 3.28. The standard InChI is InChI=1S/C14H17ClN4S/c1-10(2)16-14(20)17-13-7-8-19(18-13)9-11-3-5-12(15)6-4-11/h3-8,10H,9H2,1-2H3,(H2,16,17,18,20). The van der Waals surface area contributed by atoms with Crippen LogP contribution in [0.5, 0.6) is 0 Å². The number of hydrogen-bond acceptors (Lipinski definition) is 2. The summed E-state index contributed by atoms with van der Waals surface area (Å²) in [6.45, 7) is 4.77. The third kappa shape index (κ3) is 4.51. The van der Waals surface area contributed by atoms with Gasteiger partial charge in [0, 0.05) is 23.3 Å². The molecule has 1 aromatic heterocycles. The van der Waals surface area contributed by atoms with Gasteiger partial charge in [-0.25, -0.2) is 0 Å². The van der Waals surface area contributed by atoms with E-state index in [9.17, 15) is 0 Å². The van der Waals surface area contributed by atoms with Gasteiger partial charge in [-0.1, -0.05) is 23.7 Å². The van der Waals surface area contributed by atoms with Crippen LogP contribution in [0.4, 0.5) is 5.82 Å². The van der Waals surface area contributed by atoms with Crippen LogP contribution in [0.3, 0.4) is 0 Å². The van der Waals surface area contributed by atoms with Gasteiger partial charge < -0.3 is 10.6 Å². The second-order valence-corrected chi connectivity index (χ2v) is 5.62. The Hall–Kier alpha value is -1.59. The molecule has 0 radical (unpaired) electrons. The molecule has 1 aromatic carbocycles. The van der Waals surface area contributed by atoms with E-state index in [-0.39, 0.29) is 0 Å². The molecule has 0 aliphatic carbocycles. The Kier molecular flexibility index (Phi) is 4.98. The van der Waals surface area contributed by atoms with Crippen LogP contribution in [0.1, 0.15) is 19.4 Å². The summed E-state index contributed by atoms with van der Waals surface area (Å²) in [5, 5.41) is 11.9. The highest BCUT2D eigenvalue weighted by Crippen LogP contribution is 2.11. The molecule has 0 saturated heterocycles. The summed E-state index contributed by atoms with van der Waals surface area (Å²) >= 11 is 11.0. The maximum absolute atomic E-state index is 5.86. The lowest BCUT2D eigenvalue weighted by Gasteiger charge is -2.11. The Morgan fingerprint density at radius 1 is 1.30 bits per heavy atom. The fraction of sp³-hybridized carbons (Fsp3) is 0.286. The van der Waals surface area contributed by atoms with E-state index < -0.39 is 0 Å². The van der Waals surface area contributed by atoms with E-state index in [2.05, 4.69) is 15.7 Å². The predicted molar refractivity (Wildman–Crippen MR) is 87.3 cm³/mol. The highest BCUT2D eigenvalue weighted by Gasteiger charge is 2.03. The van der Waals surface area contributed by atoms with Crippen LogP contribution in [-0.2, 0) is 6.54 Å². The molecule has 6 heteroatoms. The Bertz CT molecular complexity index is 577. The number of anilines is 1. The van der Waals surface area contributed by atoms with E-state index in [4.69, 9.17) is 23.8 Å². The molecule has 0 saturated carbocycles. The van der Waals surface area contributed by atoms with Crippen molar-refractivity contribution in [3.8, 4) is 0 Å². The minimum atomic E-state index is 0.297. The highest BCUT2D eigenvalue weighted by atomic mass is 35.5. The first-order valence-corrected chi connectivity index (χ1v) is 7.17. The van der Waals surface area contributed by atoms with Crippen molar-refractivity contribution in [1.82, 2.24) is 15.1 Å². The summed E-state index contributed by atoms with van der Waals surface area (Å²) in [5.41, 5.74) is 1.15. The van der Waals surface area contributed by atoms with Crippen LogP contribution < -0.4 is 10.6 Å². The van der Waals surface area contributed by atoms with Crippen molar-refractivity contribution in [3.63, 3.8) is 0 Å². The molecule has 0 amide bonds. The molecule has 1 heterocycles. The number of rotatable bonds is 4. The molecular formula is C14H17ClN4S. The number of aromatic nitrogens is 2. The number of nitrogens with one attached hydrogen (secondary N) is 2. The van der Waals surface area contributed by atoms with Crippen molar-refractivity contribution in [2.45, 2.75) is 26.4 Å². The molecule has 106 valence electrons. The van der Waals surface area contributed by atoms with Crippen molar-refractivity contribution < 1.29 is 0 Å². The molecule has 2 rings (SSSR count). The molecule has 0 fully saturated rings. The maximum atomic E-state index is 5.86. The third-order valence-electron chi connectivity index (χ3n) is 2.56. The zero-order valence-electron chi connectivity index (χ0n) is 11.4. The van der Waals surface area contributed by atoms with Crippen molar-refractivity contribution in [2.24, 2.45) is 0 Å². The normalized spacial score (nSPS) is 10.6. The number of thiocarbonyl (C=S) groups is 1. The molecule has 0 spiro atoms. The summed E-state index contributed by atoms with van der Waals surface area (Å²) in [6.07, 6.45) is 1.91. The first kappa shape index (κ1) is 14.8. The van der Waals surface area contributed by atoms with Crippen LogP contribution >= 0.6 is 23.8 Å². The molecule has 2 aromatic rings. The average molecular weight is 309 g/mol. The van der Waals surface area contributed by atoms with E-state index >= 15 is 0 Å². The van der Waals surface area contributed by atoms with Gasteiger partial charge in [-0.15, -0.1) is 0 Å². The average Bonchev–Trinajstić information content (AvgIpc) is 2.78. The molecule has 0 atom stereocenters. The molecule has 0 aliphatic rings. The lowest BCUT2D eigenvalue weighted by atomic mass is 10.2. The van der Waals surface area contributed by atoms with Gasteiger partial charge in [-0.2, -0.15) is 5.10 Å². The summed E-state index contributed by atoms with van der Waals surface area (Å²) in [6, 6.07) is 9.92. The van der Waals surface area contributed by atoms with Crippen LogP contribution in [-0.4, -0.2) is 20.9 Å². The van der Waals surface area contributed by atoms with Crippen LogP contribution in [0.15, 0.2) is 36.5 Å². The fourth-order valence-corrected chi connectivity index (χ4v) is 2.17. The van der Waals surface area contributed by atoms with Crippen molar-refractivity contribution in [2.75, 3.05) is 5.32 Å². The van der Waals surface area contributed by atoms with Gasteiger partial charge in [-0.05, 0) is 43.8 Å². The van der Waals surface area contributed by atoms with E-state index in [1.54, 1.807) is 0 Å². The first-order valence-electron chi connectivity index (χ1n) is 6.38. The van der Waals surface area contributed by atoms with Gasteiger partial charge in [-0.3, -0.25) is 4.68 Å². The lowest BCUT2D eigenvalue weighted by Crippen LogP contribution is -2.34. The van der Waals surface area contributed by atoms with Crippen molar-refractivity contribution in [3.05, 3.63) is 47.1 Å². The highest BCUT2D eigenvalue weighted by molar-refractivity contribution is 7.80. The summed E-state index contributed by atoms with van der Waals surface area (Å²) in [5.74, 6) is 0.733. The molecule has 2 N–H and O–H groups in total. The lowest BCUT2D eigenvalue weighted by molar-refractivity contribution is 0.689. The smallest absolute Gasteiger partial charge is 0.172 e. The topological polar surface area (TPSA) is 41.9 Å². The van der Waals surface area contributed by atoms with Crippen LogP contribution in [0.2, 0.25) is 5.02 Å². The molecular weight excluding hydrogens is 292 g/mol. The van der Waals surface area contributed by atoms with Gasteiger partial charge in [0.2, 0.25) is 0 Å². The Morgan fingerprint density at radius 3 is 2.65 bits per heavy atom. The summed E-state index contributed by atoms with van der Waals surface area (Å²) in [7, 11) is 0. The second kappa shape index (κ2) is 6.72. The molecule has 0 bridgehead atoms. The quantitative estimate of drug-likeness (QED) is 0.851. The van der Waals surface area contributed by atoms with E-state index in [0.29, 0.717) is 17.7 Å².